The Kier molecular flexibility index (Phi) is 6.62. The third kappa shape index (κ3) is 4.71. The first-order chi connectivity index (χ1) is 26.3. The fourth-order valence-corrected chi connectivity index (χ4v) is 8.60. The third-order valence-corrected chi connectivity index (χ3v) is 11.0. The molecule has 0 aliphatic rings. The quantitative estimate of drug-likeness (QED) is 0.170. The van der Waals surface area contributed by atoms with Gasteiger partial charge in [0.15, 0.2) is 0 Å². The van der Waals surface area contributed by atoms with E-state index in [4.69, 9.17) is 4.42 Å². The molecule has 53 heavy (non-hydrogen) atoms. The molecule has 0 saturated carbocycles. The number of hydrogen-bond donors (Lipinski definition) is 0. The van der Waals surface area contributed by atoms with Gasteiger partial charge in [0.25, 0.3) is 0 Å². The van der Waals surface area contributed by atoms with Crippen LogP contribution in [0.5, 0.6) is 0 Å². The van der Waals surface area contributed by atoms with Crippen molar-refractivity contribution in [2.75, 3.05) is 0 Å². The van der Waals surface area contributed by atoms with Gasteiger partial charge < -0.3 is 4.42 Å². The van der Waals surface area contributed by atoms with Crippen LogP contribution >= 0.6 is 0 Å². The molecule has 0 saturated heterocycles. The van der Waals surface area contributed by atoms with Crippen molar-refractivity contribution in [3.05, 3.63) is 194 Å². The van der Waals surface area contributed by atoms with Crippen molar-refractivity contribution in [2.24, 2.45) is 0 Å². The van der Waals surface area contributed by atoms with Crippen molar-refractivity contribution >= 4 is 65.0 Å². The zero-order valence-corrected chi connectivity index (χ0v) is 28.9. The molecule has 11 rings (SSSR count). The Hall–Kier alpha value is -6.96. The van der Waals surface area contributed by atoms with Crippen molar-refractivity contribution < 1.29 is 4.42 Å². The van der Waals surface area contributed by atoms with Crippen LogP contribution in [0.15, 0.2) is 199 Å². The van der Waals surface area contributed by atoms with Crippen molar-refractivity contribution in [3.63, 3.8) is 0 Å². The minimum absolute atomic E-state index is 0.895. The SMILES string of the molecule is c1ccc(-c2ccc(-c3cc4oc5ccc(-c6c7ccccc7c(-c7ccc8ccccc8c7)c7ccccc67)cc5c4c4ccccc34)cc2)cc1. The summed E-state index contributed by atoms with van der Waals surface area (Å²) in [5, 5.41) is 12.2. The summed E-state index contributed by atoms with van der Waals surface area (Å²) in [6.07, 6.45) is 0. The highest BCUT2D eigenvalue weighted by Gasteiger charge is 2.20. The Balaban J connectivity index is 1.12. The molecular formula is C52H32O. The number of benzene rings is 10. The van der Waals surface area contributed by atoms with Gasteiger partial charge in [-0.25, -0.2) is 0 Å². The van der Waals surface area contributed by atoms with Crippen molar-refractivity contribution in [1.29, 1.82) is 0 Å². The Morgan fingerprint density at radius 3 is 1.43 bits per heavy atom. The van der Waals surface area contributed by atoms with Crippen LogP contribution in [0.2, 0.25) is 0 Å². The van der Waals surface area contributed by atoms with Gasteiger partial charge in [0.2, 0.25) is 0 Å². The van der Waals surface area contributed by atoms with E-state index in [2.05, 4.69) is 194 Å². The number of rotatable bonds is 4. The molecule has 0 unspecified atom stereocenters. The van der Waals surface area contributed by atoms with E-state index < -0.39 is 0 Å². The van der Waals surface area contributed by atoms with E-state index in [1.165, 1.54) is 87.6 Å². The topological polar surface area (TPSA) is 13.1 Å². The molecule has 0 spiro atoms. The first-order valence-corrected chi connectivity index (χ1v) is 18.3. The van der Waals surface area contributed by atoms with Crippen LogP contribution in [0, 0.1) is 0 Å². The molecule has 0 radical (unpaired) electrons. The van der Waals surface area contributed by atoms with Crippen LogP contribution in [0.1, 0.15) is 0 Å². The lowest BCUT2D eigenvalue weighted by Crippen LogP contribution is -1.91. The second-order valence-corrected chi connectivity index (χ2v) is 14.0. The highest BCUT2D eigenvalue weighted by Crippen LogP contribution is 2.46. The van der Waals surface area contributed by atoms with E-state index in [1.54, 1.807) is 0 Å². The molecule has 1 aromatic heterocycles. The average molecular weight is 673 g/mol. The molecule has 1 heteroatoms. The Bertz CT molecular complexity index is 3150. The highest BCUT2D eigenvalue weighted by atomic mass is 16.3. The fourth-order valence-electron chi connectivity index (χ4n) is 8.60. The Morgan fingerprint density at radius 1 is 0.264 bits per heavy atom. The normalized spacial score (nSPS) is 11.8. The fraction of sp³-hybridized carbons (Fsp3) is 0. The number of hydrogen-bond acceptors (Lipinski definition) is 1. The van der Waals surface area contributed by atoms with Gasteiger partial charge in [0, 0.05) is 10.8 Å². The number of fused-ring (bicyclic) bond motifs is 8. The highest BCUT2D eigenvalue weighted by molar-refractivity contribution is 6.25. The molecule has 0 fully saturated rings. The molecule has 1 heterocycles. The zero-order chi connectivity index (χ0) is 34.9. The van der Waals surface area contributed by atoms with E-state index >= 15 is 0 Å². The molecule has 1 nitrogen and oxygen atoms in total. The first-order valence-electron chi connectivity index (χ1n) is 18.3. The Labute approximate surface area is 307 Å². The van der Waals surface area contributed by atoms with Crippen LogP contribution in [0.3, 0.4) is 0 Å². The summed E-state index contributed by atoms with van der Waals surface area (Å²) in [6, 6.07) is 70.4. The van der Waals surface area contributed by atoms with E-state index in [0.717, 1.165) is 21.9 Å². The van der Waals surface area contributed by atoms with E-state index in [9.17, 15) is 0 Å². The summed E-state index contributed by atoms with van der Waals surface area (Å²) in [4.78, 5) is 0. The summed E-state index contributed by atoms with van der Waals surface area (Å²) in [5.41, 5.74) is 11.5. The maximum absolute atomic E-state index is 6.69. The molecule has 0 aliphatic heterocycles. The molecule has 0 N–H and O–H groups in total. The van der Waals surface area contributed by atoms with Crippen molar-refractivity contribution in [1.82, 2.24) is 0 Å². The molecule has 10 aromatic carbocycles. The number of furan rings is 1. The minimum atomic E-state index is 0.895. The van der Waals surface area contributed by atoms with Gasteiger partial charge in [-0.1, -0.05) is 170 Å². The molecule has 0 amide bonds. The monoisotopic (exact) mass is 672 g/mol. The minimum Gasteiger partial charge on any atom is -0.456 e. The second kappa shape index (κ2) is 11.8. The first kappa shape index (κ1) is 29.7. The predicted molar refractivity (Wildman–Crippen MR) is 225 cm³/mol. The predicted octanol–water partition coefficient (Wildman–Crippen LogP) is 14.9. The summed E-state index contributed by atoms with van der Waals surface area (Å²) in [6.45, 7) is 0. The Morgan fingerprint density at radius 2 is 0.755 bits per heavy atom. The lowest BCUT2D eigenvalue weighted by atomic mass is 9.85. The standard InChI is InChI=1S/C52H32O/c1-2-12-33(13-3-1)35-22-25-36(26-23-35)46-32-49-52(41-17-7-6-16-40(41)46)47-31-39(28-29-48(47)53-49)51-44-20-10-8-18-42(44)50(43-19-9-11-21-45(43)51)38-27-24-34-14-4-5-15-37(34)30-38/h1-32H. The van der Waals surface area contributed by atoms with Gasteiger partial charge in [-0.2, -0.15) is 0 Å². The molecular weight excluding hydrogens is 641 g/mol. The van der Waals surface area contributed by atoms with E-state index in [-0.39, 0.29) is 0 Å². The maximum Gasteiger partial charge on any atom is 0.136 e. The second-order valence-electron chi connectivity index (χ2n) is 14.0. The maximum atomic E-state index is 6.69. The largest absolute Gasteiger partial charge is 0.456 e. The van der Waals surface area contributed by atoms with E-state index in [0.29, 0.717) is 0 Å². The third-order valence-electron chi connectivity index (χ3n) is 11.0. The molecule has 11 aromatic rings. The van der Waals surface area contributed by atoms with Crippen LogP contribution in [-0.4, -0.2) is 0 Å². The van der Waals surface area contributed by atoms with Crippen LogP contribution < -0.4 is 0 Å². The summed E-state index contributed by atoms with van der Waals surface area (Å²) in [5.74, 6) is 0. The van der Waals surface area contributed by atoms with Gasteiger partial charge in [0.05, 0.1) is 0 Å². The van der Waals surface area contributed by atoms with Crippen molar-refractivity contribution in [3.8, 4) is 44.5 Å². The molecule has 246 valence electrons. The van der Waals surface area contributed by atoms with Gasteiger partial charge in [-0.15, -0.1) is 0 Å². The van der Waals surface area contributed by atoms with Crippen LogP contribution in [-0.2, 0) is 0 Å². The molecule has 0 bridgehead atoms. The van der Waals surface area contributed by atoms with Gasteiger partial charge in [0.1, 0.15) is 11.2 Å². The van der Waals surface area contributed by atoms with Crippen molar-refractivity contribution in [2.45, 2.75) is 0 Å². The summed E-state index contributed by atoms with van der Waals surface area (Å²) in [7, 11) is 0. The zero-order valence-electron chi connectivity index (χ0n) is 28.9. The average Bonchev–Trinajstić information content (AvgIpc) is 3.61. The van der Waals surface area contributed by atoms with Gasteiger partial charge >= 0.3 is 0 Å². The van der Waals surface area contributed by atoms with Gasteiger partial charge in [-0.05, 0) is 112 Å². The lowest BCUT2D eigenvalue weighted by Gasteiger charge is -2.18. The lowest BCUT2D eigenvalue weighted by molar-refractivity contribution is 0.669. The summed E-state index contributed by atoms with van der Waals surface area (Å²) >= 11 is 0. The molecule has 0 atom stereocenters. The molecule has 0 aliphatic carbocycles. The smallest absolute Gasteiger partial charge is 0.136 e. The van der Waals surface area contributed by atoms with E-state index in [1.807, 2.05) is 0 Å². The van der Waals surface area contributed by atoms with Crippen LogP contribution in [0.25, 0.3) is 110 Å². The van der Waals surface area contributed by atoms with Crippen LogP contribution in [0.4, 0.5) is 0 Å². The van der Waals surface area contributed by atoms with Gasteiger partial charge in [-0.3, -0.25) is 0 Å². The summed E-state index contributed by atoms with van der Waals surface area (Å²) < 4.78 is 6.69.